The highest BCUT2D eigenvalue weighted by atomic mass is 35.5. The van der Waals surface area contributed by atoms with Gasteiger partial charge in [-0.2, -0.15) is 13.2 Å². The Balaban J connectivity index is 1.45. The molecule has 0 aromatic heterocycles. The van der Waals surface area contributed by atoms with Crippen molar-refractivity contribution >= 4 is 23.2 Å². The number of alkyl halides is 3. The van der Waals surface area contributed by atoms with Gasteiger partial charge in [0.15, 0.2) is 11.6 Å². The van der Waals surface area contributed by atoms with E-state index in [9.17, 15) is 27.5 Å². The number of anilines is 1. The van der Waals surface area contributed by atoms with E-state index < -0.39 is 34.6 Å². The van der Waals surface area contributed by atoms with Crippen LogP contribution >= 0.6 is 11.6 Å². The van der Waals surface area contributed by atoms with Crippen molar-refractivity contribution in [2.24, 2.45) is 0 Å². The minimum atomic E-state index is -4.62. The van der Waals surface area contributed by atoms with Crippen LogP contribution in [0.15, 0.2) is 42.5 Å². The van der Waals surface area contributed by atoms with Crippen LogP contribution in [-0.2, 0) is 11.0 Å². The minimum absolute atomic E-state index is 0.0111. The summed E-state index contributed by atoms with van der Waals surface area (Å²) in [5.41, 5.74) is -0.988. The van der Waals surface area contributed by atoms with Crippen LogP contribution in [0.25, 0.3) is 0 Å². The molecule has 3 rings (SSSR count). The molecule has 1 amide bonds. The summed E-state index contributed by atoms with van der Waals surface area (Å²) in [6.07, 6.45) is -5.45. The van der Waals surface area contributed by atoms with Crippen LogP contribution in [0.3, 0.4) is 0 Å². The summed E-state index contributed by atoms with van der Waals surface area (Å²) in [4.78, 5) is 16.3. The van der Waals surface area contributed by atoms with Gasteiger partial charge in [0.25, 0.3) is 0 Å². The molecule has 2 aromatic rings. The Kier molecular flexibility index (Phi) is 8.75. The number of benzene rings is 2. The lowest BCUT2D eigenvalue weighted by atomic mass is 10.1. The van der Waals surface area contributed by atoms with E-state index in [0.29, 0.717) is 26.2 Å². The summed E-state index contributed by atoms with van der Waals surface area (Å²) >= 11 is 5.61. The molecule has 0 radical (unpaired) electrons. The zero-order valence-electron chi connectivity index (χ0n) is 18.5. The van der Waals surface area contributed by atoms with Gasteiger partial charge in [-0.15, -0.1) is 0 Å². The number of β-amino-alcohol motifs (C(OH)–C–C–N with tert-alkyl or cyclic N) is 1. The highest BCUT2D eigenvalue weighted by Gasteiger charge is 2.33. The maximum Gasteiger partial charge on any atom is 0.417 e. The van der Waals surface area contributed by atoms with Crippen LogP contribution in [0.2, 0.25) is 5.02 Å². The first kappa shape index (κ1) is 26.2. The lowest BCUT2D eigenvalue weighted by molar-refractivity contribution is -0.137. The molecule has 11 heteroatoms. The Labute approximate surface area is 200 Å². The van der Waals surface area contributed by atoms with Gasteiger partial charge in [-0.1, -0.05) is 23.7 Å². The molecule has 1 aliphatic rings. The molecule has 1 saturated heterocycles. The average Bonchev–Trinajstić information content (AvgIpc) is 2.75. The van der Waals surface area contributed by atoms with Crippen molar-refractivity contribution in [2.45, 2.75) is 25.2 Å². The second-order valence-electron chi connectivity index (χ2n) is 8.21. The van der Waals surface area contributed by atoms with Crippen LogP contribution in [-0.4, -0.2) is 72.3 Å². The molecule has 0 spiro atoms. The molecule has 2 aromatic carbocycles. The Bertz CT molecular complexity index is 992. The third-order valence-electron chi connectivity index (χ3n) is 5.49. The van der Waals surface area contributed by atoms with Gasteiger partial charge in [-0.3, -0.25) is 14.6 Å². The van der Waals surface area contributed by atoms with Crippen molar-refractivity contribution in [3.8, 4) is 5.75 Å². The van der Waals surface area contributed by atoms with E-state index in [1.807, 2.05) is 16.7 Å². The number of rotatable bonds is 8. The standard InChI is InChI=1S/C23H26ClF4N3O3/c1-15-11-30(13-22(33)29-16-6-7-19(24)18(10-16)23(26,27)28)8-9-31(15)12-17(32)14-34-21-5-3-2-4-20(21)25/h2-7,10,15,17,32H,8-9,11-14H2,1H3,(H,29,33)/t15-,17-/m0/s1. The Hall–Kier alpha value is -2.40. The quantitative estimate of drug-likeness (QED) is 0.535. The summed E-state index contributed by atoms with van der Waals surface area (Å²) in [5.74, 6) is -0.855. The van der Waals surface area contributed by atoms with Crippen LogP contribution in [0, 0.1) is 5.82 Å². The molecular weight excluding hydrogens is 478 g/mol. The van der Waals surface area contributed by atoms with Gasteiger partial charge in [0.2, 0.25) is 5.91 Å². The van der Waals surface area contributed by atoms with Crippen molar-refractivity contribution in [1.29, 1.82) is 0 Å². The smallest absolute Gasteiger partial charge is 0.417 e. The first-order valence-electron chi connectivity index (χ1n) is 10.7. The van der Waals surface area contributed by atoms with Crippen molar-refractivity contribution < 1.29 is 32.2 Å². The summed E-state index contributed by atoms with van der Waals surface area (Å²) in [6, 6.07) is 9.20. The largest absolute Gasteiger partial charge is 0.488 e. The van der Waals surface area contributed by atoms with E-state index in [0.717, 1.165) is 12.1 Å². The summed E-state index contributed by atoms with van der Waals surface area (Å²) in [6.45, 7) is 3.86. The van der Waals surface area contributed by atoms with Crippen molar-refractivity contribution in [2.75, 3.05) is 44.6 Å². The minimum Gasteiger partial charge on any atom is -0.488 e. The summed E-state index contributed by atoms with van der Waals surface area (Å²) < 4.78 is 58.0. The molecule has 1 fully saturated rings. The third-order valence-corrected chi connectivity index (χ3v) is 5.81. The first-order valence-corrected chi connectivity index (χ1v) is 11.1. The topological polar surface area (TPSA) is 65.0 Å². The molecule has 0 unspecified atom stereocenters. The summed E-state index contributed by atoms with van der Waals surface area (Å²) in [7, 11) is 0. The number of ether oxygens (including phenoxy) is 1. The van der Waals surface area contributed by atoms with Crippen LogP contribution in [0.5, 0.6) is 5.75 Å². The zero-order valence-corrected chi connectivity index (χ0v) is 19.2. The maximum atomic E-state index is 13.6. The molecule has 1 aliphatic heterocycles. The van der Waals surface area contributed by atoms with Gasteiger partial charge in [0, 0.05) is 37.9 Å². The number of aliphatic hydroxyl groups is 1. The number of carbonyl (C=O) groups excluding carboxylic acids is 1. The Morgan fingerprint density at radius 1 is 1.26 bits per heavy atom. The molecule has 0 saturated carbocycles. The zero-order chi connectivity index (χ0) is 24.9. The van der Waals surface area contributed by atoms with Crippen LogP contribution in [0.1, 0.15) is 12.5 Å². The molecular formula is C23H26ClF4N3O3. The molecule has 0 aliphatic carbocycles. The fraction of sp³-hybridized carbons (Fsp3) is 0.435. The number of aliphatic hydroxyl groups excluding tert-OH is 1. The first-order chi connectivity index (χ1) is 16.0. The fourth-order valence-electron chi connectivity index (χ4n) is 3.78. The molecule has 2 N–H and O–H groups in total. The monoisotopic (exact) mass is 503 g/mol. The SMILES string of the molecule is C[C@H]1CN(CC(=O)Nc2ccc(Cl)c(C(F)(F)F)c2)CCN1C[C@H](O)COc1ccccc1F. The fourth-order valence-corrected chi connectivity index (χ4v) is 4.01. The van der Waals surface area contributed by atoms with Gasteiger partial charge in [0.05, 0.1) is 17.1 Å². The number of amides is 1. The Morgan fingerprint density at radius 2 is 2.00 bits per heavy atom. The predicted molar refractivity (Wildman–Crippen MR) is 120 cm³/mol. The van der Waals surface area contributed by atoms with Crippen molar-refractivity contribution in [3.63, 3.8) is 0 Å². The van der Waals surface area contributed by atoms with E-state index in [-0.39, 0.29) is 30.6 Å². The molecule has 2 atom stereocenters. The van der Waals surface area contributed by atoms with E-state index in [2.05, 4.69) is 5.32 Å². The highest BCUT2D eigenvalue weighted by molar-refractivity contribution is 6.31. The number of halogens is 5. The number of hydrogen-bond donors (Lipinski definition) is 2. The van der Waals surface area contributed by atoms with E-state index in [1.165, 1.54) is 18.2 Å². The van der Waals surface area contributed by atoms with Crippen LogP contribution in [0.4, 0.5) is 23.2 Å². The highest BCUT2D eigenvalue weighted by Crippen LogP contribution is 2.36. The number of carbonyl (C=O) groups is 1. The molecule has 6 nitrogen and oxygen atoms in total. The molecule has 186 valence electrons. The number of piperazine rings is 1. The van der Waals surface area contributed by atoms with E-state index in [1.54, 1.807) is 12.1 Å². The van der Waals surface area contributed by atoms with Gasteiger partial charge in [0.1, 0.15) is 12.7 Å². The molecule has 34 heavy (non-hydrogen) atoms. The number of nitrogens with one attached hydrogen (secondary N) is 1. The van der Waals surface area contributed by atoms with Crippen LogP contribution < -0.4 is 10.1 Å². The lowest BCUT2D eigenvalue weighted by Gasteiger charge is -2.40. The average molecular weight is 504 g/mol. The number of hydrogen-bond acceptors (Lipinski definition) is 5. The number of para-hydroxylation sites is 1. The van der Waals surface area contributed by atoms with Crippen molar-refractivity contribution in [1.82, 2.24) is 9.80 Å². The lowest BCUT2D eigenvalue weighted by Crippen LogP contribution is -2.55. The van der Waals surface area contributed by atoms with Crippen molar-refractivity contribution in [3.05, 3.63) is 58.9 Å². The van der Waals surface area contributed by atoms with E-state index in [4.69, 9.17) is 16.3 Å². The second kappa shape index (κ2) is 11.4. The van der Waals surface area contributed by atoms with Gasteiger partial charge in [-0.05, 0) is 37.3 Å². The Morgan fingerprint density at radius 3 is 2.68 bits per heavy atom. The van der Waals surface area contributed by atoms with Gasteiger partial charge in [-0.25, -0.2) is 4.39 Å². The third kappa shape index (κ3) is 7.30. The maximum absolute atomic E-state index is 13.6. The normalized spacial score (nSPS) is 18.5. The molecule has 0 bridgehead atoms. The predicted octanol–water partition coefficient (Wildman–Crippen LogP) is 3.88. The second-order valence-corrected chi connectivity index (χ2v) is 8.62. The number of nitrogens with zero attached hydrogens (tertiary/aromatic N) is 2. The summed E-state index contributed by atoms with van der Waals surface area (Å²) in [5, 5.41) is 12.3. The van der Waals surface area contributed by atoms with Gasteiger partial charge >= 0.3 is 6.18 Å². The molecule has 1 heterocycles. The van der Waals surface area contributed by atoms with Gasteiger partial charge < -0.3 is 15.2 Å². The van der Waals surface area contributed by atoms with E-state index >= 15 is 0 Å².